The lowest BCUT2D eigenvalue weighted by molar-refractivity contribution is 0.0936. The van der Waals surface area contributed by atoms with Gasteiger partial charge in [0.15, 0.2) is 5.78 Å². The number of ketones is 1. The zero-order valence-electron chi connectivity index (χ0n) is 12.1. The van der Waals surface area contributed by atoms with E-state index in [2.05, 4.69) is 15.7 Å². The van der Waals surface area contributed by atoms with Crippen LogP contribution >= 0.6 is 0 Å². The molecule has 0 spiro atoms. The van der Waals surface area contributed by atoms with Crippen molar-refractivity contribution < 1.29 is 4.79 Å². The first-order valence-electron chi connectivity index (χ1n) is 7.17. The first-order valence-corrected chi connectivity index (χ1v) is 7.17. The van der Waals surface area contributed by atoms with E-state index >= 15 is 0 Å². The largest absolute Gasteiger partial charge is 0.300 e. The Labute approximate surface area is 121 Å². The summed E-state index contributed by atoms with van der Waals surface area (Å²) >= 11 is 0. The van der Waals surface area contributed by atoms with Gasteiger partial charge in [-0.05, 0) is 6.92 Å². The van der Waals surface area contributed by atoms with Gasteiger partial charge in [0.2, 0.25) is 0 Å². The van der Waals surface area contributed by atoms with Crippen LogP contribution in [-0.4, -0.2) is 54.9 Å². The molecule has 0 unspecified atom stereocenters. The molecule has 1 aliphatic heterocycles. The molecule has 0 saturated carbocycles. The van der Waals surface area contributed by atoms with Crippen LogP contribution in [0.15, 0.2) is 24.3 Å². The van der Waals surface area contributed by atoms with Crippen LogP contribution in [0.25, 0.3) is 0 Å². The highest BCUT2D eigenvalue weighted by molar-refractivity contribution is 5.96. The second-order valence-corrected chi connectivity index (χ2v) is 5.36. The van der Waals surface area contributed by atoms with E-state index in [1.54, 1.807) is 0 Å². The third kappa shape index (κ3) is 4.19. The van der Waals surface area contributed by atoms with Crippen molar-refractivity contribution in [3.05, 3.63) is 35.4 Å². The van der Waals surface area contributed by atoms with Crippen molar-refractivity contribution in [1.29, 1.82) is 0 Å². The van der Waals surface area contributed by atoms with Gasteiger partial charge in [-0.15, -0.1) is 6.42 Å². The molecule has 1 aromatic rings. The van der Waals surface area contributed by atoms with E-state index in [-0.39, 0.29) is 5.78 Å². The van der Waals surface area contributed by atoms with Crippen molar-refractivity contribution in [1.82, 2.24) is 9.80 Å². The fourth-order valence-corrected chi connectivity index (χ4v) is 2.44. The Morgan fingerprint density at radius 2 is 1.75 bits per heavy atom. The molecule has 20 heavy (non-hydrogen) atoms. The molecule has 1 aliphatic rings. The maximum atomic E-state index is 12.1. The quantitative estimate of drug-likeness (QED) is 0.602. The lowest BCUT2D eigenvalue weighted by Crippen LogP contribution is -2.46. The van der Waals surface area contributed by atoms with Crippen molar-refractivity contribution in [2.24, 2.45) is 0 Å². The van der Waals surface area contributed by atoms with Gasteiger partial charge < -0.3 is 4.90 Å². The van der Waals surface area contributed by atoms with Gasteiger partial charge in [-0.1, -0.05) is 35.7 Å². The molecule has 0 atom stereocenters. The van der Waals surface area contributed by atoms with Crippen LogP contribution < -0.4 is 0 Å². The molecule has 3 heteroatoms. The Bertz CT molecular complexity index is 479. The Hall–Kier alpha value is -1.63. The minimum atomic E-state index is 0.232. The summed E-state index contributed by atoms with van der Waals surface area (Å²) < 4.78 is 0. The standard InChI is InChI=1S/C17H22N2O/c1-3-9-18-11-13-19(14-12-18)10-8-17(20)16-6-4-15(2)5-7-16/h1,4-7H,8-14H2,2H3. The highest BCUT2D eigenvalue weighted by Crippen LogP contribution is 2.08. The van der Waals surface area contributed by atoms with E-state index in [9.17, 15) is 4.79 Å². The fraction of sp³-hybridized carbons (Fsp3) is 0.471. The Morgan fingerprint density at radius 1 is 1.15 bits per heavy atom. The number of aryl methyl sites for hydroxylation is 1. The number of benzene rings is 1. The summed E-state index contributed by atoms with van der Waals surface area (Å²) in [7, 11) is 0. The molecule has 0 aromatic heterocycles. The molecule has 0 bridgehead atoms. The lowest BCUT2D eigenvalue weighted by Gasteiger charge is -2.33. The molecule has 1 aromatic carbocycles. The van der Waals surface area contributed by atoms with Crippen LogP contribution in [0, 0.1) is 19.3 Å². The van der Waals surface area contributed by atoms with Gasteiger partial charge in [0.1, 0.15) is 0 Å². The average Bonchev–Trinajstić information content (AvgIpc) is 2.47. The van der Waals surface area contributed by atoms with E-state index in [1.165, 1.54) is 5.56 Å². The number of rotatable bonds is 5. The van der Waals surface area contributed by atoms with Crippen LogP contribution in [0.4, 0.5) is 0 Å². The molecule has 0 radical (unpaired) electrons. The van der Waals surface area contributed by atoms with Crippen LogP contribution in [0.2, 0.25) is 0 Å². The minimum Gasteiger partial charge on any atom is -0.300 e. The molecule has 106 valence electrons. The number of nitrogens with zero attached hydrogens (tertiary/aromatic N) is 2. The third-order valence-electron chi connectivity index (χ3n) is 3.81. The molecule has 3 nitrogen and oxygen atoms in total. The summed E-state index contributed by atoms with van der Waals surface area (Å²) in [6.45, 7) is 7.62. The van der Waals surface area contributed by atoms with E-state index in [0.717, 1.165) is 44.8 Å². The average molecular weight is 270 g/mol. The molecular formula is C17H22N2O. The maximum Gasteiger partial charge on any atom is 0.164 e. The highest BCUT2D eigenvalue weighted by atomic mass is 16.1. The summed E-state index contributed by atoms with van der Waals surface area (Å²) in [5, 5.41) is 0. The smallest absolute Gasteiger partial charge is 0.164 e. The van der Waals surface area contributed by atoms with Crippen LogP contribution in [0.1, 0.15) is 22.3 Å². The van der Waals surface area contributed by atoms with Crippen LogP contribution in [-0.2, 0) is 0 Å². The third-order valence-corrected chi connectivity index (χ3v) is 3.81. The van der Waals surface area contributed by atoms with Gasteiger partial charge in [-0.2, -0.15) is 0 Å². The second kappa shape index (κ2) is 7.23. The molecule has 1 fully saturated rings. The number of hydrogen-bond donors (Lipinski definition) is 0. The van der Waals surface area contributed by atoms with Crippen molar-refractivity contribution in [3.63, 3.8) is 0 Å². The van der Waals surface area contributed by atoms with E-state index < -0.39 is 0 Å². The predicted octanol–water partition coefficient (Wildman–Crippen LogP) is 1.82. The second-order valence-electron chi connectivity index (χ2n) is 5.36. The number of piperazine rings is 1. The molecule has 0 amide bonds. The molecule has 1 saturated heterocycles. The van der Waals surface area contributed by atoms with Gasteiger partial charge in [-0.3, -0.25) is 9.69 Å². The van der Waals surface area contributed by atoms with Gasteiger partial charge in [0, 0.05) is 44.7 Å². The molecule has 0 aliphatic carbocycles. The zero-order chi connectivity index (χ0) is 14.4. The topological polar surface area (TPSA) is 23.6 Å². The monoisotopic (exact) mass is 270 g/mol. The summed E-state index contributed by atoms with van der Waals surface area (Å²) in [6, 6.07) is 7.82. The predicted molar refractivity (Wildman–Crippen MR) is 81.8 cm³/mol. The van der Waals surface area contributed by atoms with Crippen molar-refractivity contribution in [2.75, 3.05) is 39.3 Å². The SMILES string of the molecule is C#CCN1CCN(CCC(=O)c2ccc(C)cc2)CC1. The van der Waals surface area contributed by atoms with E-state index in [0.29, 0.717) is 6.42 Å². The highest BCUT2D eigenvalue weighted by Gasteiger charge is 2.16. The molecule has 0 N–H and O–H groups in total. The fourth-order valence-electron chi connectivity index (χ4n) is 2.44. The van der Waals surface area contributed by atoms with E-state index in [1.807, 2.05) is 31.2 Å². The number of Topliss-reactive ketones (excluding diaryl/α,β-unsaturated/α-hetero) is 1. The Morgan fingerprint density at radius 3 is 2.35 bits per heavy atom. The van der Waals surface area contributed by atoms with Gasteiger partial charge in [0.25, 0.3) is 0 Å². The summed E-state index contributed by atoms with van der Waals surface area (Å²) in [5.74, 6) is 2.91. The van der Waals surface area contributed by atoms with Gasteiger partial charge >= 0.3 is 0 Å². The molecule has 2 rings (SSSR count). The van der Waals surface area contributed by atoms with Crippen LogP contribution in [0.3, 0.4) is 0 Å². The van der Waals surface area contributed by atoms with Crippen molar-refractivity contribution >= 4 is 5.78 Å². The van der Waals surface area contributed by atoms with Crippen LogP contribution in [0.5, 0.6) is 0 Å². The van der Waals surface area contributed by atoms with Crippen molar-refractivity contribution in [3.8, 4) is 12.3 Å². The summed E-state index contributed by atoms with van der Waals surface area (Å²) in [4.78, 5) is 16.7. The van der Waals surface area contributed by atoms with Gasteiger partial charge in [-0.25, -0.2) is 0 Å². The Kier molecular flexibility index (Phi) is 5.34. The lowest BCUT2D eigenvalue weighted by atomic mass is 10.1. The van der Waals surface area contributed by atoms with Gasteiger partial charge in [0.05, 0.1) is 6.54 Å². The number of hydrogen-bond acceptors (Lipinski definition) is 3. The molecule has 1 heterocycles. The normalized spacial score (nSPS) is 16.8. The zero-order valence-corrected chi connectivity index (χ0v) is 12.1. The Balaban J connectivity index is 1.75. The van der Waals surface area contributed by atoms with Crippen molar-refractivity contribution in [2.45, 2.75) is 13.3 Å². The number of terminal acetylenes is 1. The number of carbonyl (C=O) groups is 1. The summed E-state index contributed by atoms with van der Waals surface area (Å²) in [5.41, 5.74) is 2.01. The molecular weight excluding hydrogens is 248 g/mol. The maximum absolute atomic E-state index is 12.1. The minimum absolute atomic E-state index is 0.232. The number of carbonyl (C=O) groups excluding carboxylic acids is 1. The first kappa shape index (κ1) is 14.8. The first-order chi connectivity index (χ1) is 9.69. The summed E-state index contributed by atoms with van der Waals surface area (Å²) in [6.07, 6.45) is 5.91. The van der Waals surface area contributed by atoms with E-state index in [4.69, 9.17) is 6.42 Å².